The summed E-state index contributed by atoms with van der Waals surface area (Å²) < 4.78 is 16.4. The van der Waals surface area contributed by atoms with Gasteiger partial charge in [0.1, 0.15) is 5.60 Å². The van der Waals surface area contributed by atoms with Crippen LogP contribution in [0.15, 0.2) is 0 Å². The van der Waals surface area contributed by atoms with Gasteiger partial charge >= 0.3 is 0 Å². The normalized spacial score (nSPS) is 29.2. The van der Waals surface area contributed by atoms with E-state index < -0.39 is 11.4 Å². The van der Waals surface area contributed by atoms with Crippen LogP contribution in [0.1, 0.15) is 25.7 Å². The minimum absolute atomic E-state index is 0.412. The third-order valence-corrected chi connectivity index (χ3v) is 3.29. The molecule has 0 radical (unpaired) electrons. The van der Waals surface area contributed by atoms with Crippen molar-refractivity contribution in [1.29, 1.82) is 0 Å². The first kappa shape index (κ1) is 10.1. The summed E-state index contributed by atoms with van der Waals surface area (Å²) in [6, 6.07) is 0. The second kappa shape index (κ2) is 3.61. The molecule has 4 heteroatoms. The van der Waals surface area contributed by atoms with Crippen molar-refractivity contribution in [3.05, 3.63) is 0 Å². The van der Waals surface area contributed by atoms with E-state index in [1.807, 2.05) is 0 Å². The zero-order valence-corrected chi connectivity index (χ0v) is 8.45. The molecule has 1 aliphatic carbocycles. The standard InChI is InChI=1S/C10H16O4/c1-12-9(8-11)2-4-10(5-3-9)13-6-7-14-10/h8H,2-7H2,1H3. The van der Waals surface area contributed by atoms with Crippen LogP contribution in [-0.2, 0) is 19.0 Å². The fraction of sp³-hybridized carbons (Fsp3) is 0.900. The van der Waals surface area contributed by atoms with E-state index in [1.54, 1.807) is 7.11 Å². The highest BCUT2D eigenvalue weighted by molar-refractivity contribution is 5.62. The van der Waals surface area contributed by atoms with Crippen LogP contribution in [0.2, 0.25) is 0 Å². The zero-order valence-electron chi connectivity index (χ0n) is 8.45. The molecular formula is C10H16O4. The highest BCUT2D eigenvalue weighted by Gasteiger charge is 2.46. The molecule has 4 nitrogen and oxygen atoms in total. The van der Waals surface area contributed by atoms with Crippen LogP contribution in [0.4, 0.5) is 0 Å². The predicted molar refractivity (Wildman–Crippen MR) is 48.9 cm³/mol. The van der Waals surface area contributed by atoms with Crippen molar-refractivity contribution < 1.29 is 19.0 Å². The van der Waals surface area contributed by atoms with E-state index in [1.165, 1.54) is 0 Å². The van der Waals surface area contributed by atoms with Crippen molar-refractivity contribution in [2.75, 3.05) is 20.3 Å². The largest absolute Gasteiger partial charge is 0.371 e. The van der Waals surface area contributed by atoms with E-state index in [-0.39, 0.29) is 0 Å². The van der Waals surface area contributed by atoms with Crippen LogP contribution in [0.5, 0.6) is 0 Å². The summed E-state index contributed by atoms with van der Waals surface area (Å²) in [6.45, 7) is 1.34. The number of methoxy groups -OCH3 is 1. The SMILES string of the molecule is COC1(C=O)CCC2(CC1)OCCO2. The lowest BCUT2D eigenvalue weighted by Crippen LogP contribution is -2.45. The highest BCUT2D eigenvalue weighted by atomic mass is 16.7. The van der Waals surface area contributed by atoms with Crippen molar-refractivity contribution in [3.63, 3.8) is 0 Å². The van der Waals surface area contributed by atoms with E-state index in [2.05, 4.69) is 0 Å². The third kappa shape index (κ3) is 1.58. The maximum absolute atomic E-state index is 10.9. The van der Waals surface area contributed by atoms with E-state index >= 15 is 0 Å². The number of aldehydes is 1. The minimum Gasteiger partial charge on any atom is -0.371 e. The molecule has 0 amide bonds. The number of rotatable bonds is 2. The Labute approximate surface area is 83.5 Å². The van der Waals surface area contributed by atoms with Crippen molar-refractivity contribution in [2.24, 2.45) is 0 Å². The molecular weight excluding hydrogens is 184 g/mol. The number of hydrogen-bond donors (Lipinski definition) is 0. The van der Waals surface area contributed by atoms with Gasteiger partial charge in [-0.25, -0.2) is 0 Å². The van der Waals surface area contributed by atoms with Gasteiger partial charge in [-0.3, -0.25) is 0 Å². The van der Waals surface area contributed by atoms with E-state index in [0.29, 0.717) is 26.1 Å². The van der Waals surface area contributed by atoms with Crippen LogP contribution in [0, 0.1) is 0 Å². The molecule has 0 aromatic rings. The van der Waals surface area contributed by atoms with Gasteiger partial charge in [0.25, 0.3) is 0 Å². The smallest absolute Gasteiger partial charge is 0.168 e. The Bertz CT molecular complexity index is 210. The van der Waals surface area contributed by atoms with Gasteiger partial charge in [-0.2, -0.15) is 0 Å². The van der Waals surface area contributed by atoms with Crippen molar-refractivity contribution in [2.45, 2.75) is 37.1 Å². The van der Waals surface area contributed by atoms with Gasteiger partial charge in [0.05, 0.1) is 13.2 Å². The quantitative estimate of drug-likeness (QED) is 0.621. The fourth-order valence-corrected chi connectivity index (χ4v) is 2.21. The van der Waals surface area contributed by atoms with Crippen molar-refractivity contribution in [3.8, 4) is 0 Å². The third-order valence-electron chi connectivity index (χ3n) is 3.29. The molecule has 1 saturated carbocycles. The zero-order chi connectivity index (χ0) is 10.1. The van der Waals surface area contributed by atoms with Gasteiger partial charge in [-0.1, -0.05) is 0 Å². The number of hydrogen-bond acceptors (Lipinski definition) is 4. The van der Waals surface area contributed by atoms with E-state index in [0.717, 1.165) is 19.1 Å². The maximum Gasteiger partial charge on any atom is 0.168 e. The average Bonchev–Trinajstić information content (AvgIpc) is 2.69. The van der Waals surface area contributed by atoms with Gasteiger partial charge in [0.15, 0.2) is 12.1 Å². The topological polar surface area (TPSA) is 44.8 Å². The van der Waals surface area contributed by atoms with Gasteiger partial charge < -0.3 is 19.0 Å². The molecule has 0 unspecified atom stereocenters. The molecule has 1 saturated heterocycles. The average molecular weight is 200 g/mol. The first-order valence-electron chi connectivity index (χ1n) is 5.04. The second-order valence-corrected chi connectivity index (χ2v) is 3.99. The summed E-state index contributed by atoms with van der Waals surface area (Å²) in [5.41, 5.74) is -0.597. The first-order chi connectivity index (χ1) is 6.74. The first-order valence-corrected chi connectivity index (χ1v) is 5.04. The van der Waals surface area contributed by atoms with Crippen LogP contribution >= 0.6 is 0 Å². The van der Waals surface area contributed by atoms with Crippen molar-refractivity contribution >= 4 is 6.29 Å². The molecule has 0 atom stereocenters. The Kier molecular flexibility index (Phi) is 2.60. The number of ether oxygens (including phenoxy) is 3. The Balaban J connectivity index is 2.00. The number of carbonyl (C=O) groups is 1. The van der Waals surface area contributed by atoms with Crippen LogP contribution in [0.3, 0.4) is 0 Å². The van der Waals surface area contributed by atoms with Gasteiger partial charge in [-0.15, -0.1) is 0 Å². The molecule has 0 bridgehead atoms. The molecule has 80 valence electrons. The summed E-state index contributed by atoms with van der Waals surface area (Å²) in [5, 5.41) is 0. The Morgan fingerprint density at radius 3 is 2.14 bits per heavy atom. The van der Waals surface area contributed by atoms with Gasteiger partial charge in [-0.05, 0) is 12.8 Å². The summed E-state index contributed by atoms with van der Waals surface area (Å²) in [7, 11) is 1.59. The monoisotopic (exact) mass is 200 g/mol. The highest BCUT2D eigenvalue weighted by Crippen LogP contribution is 2.40. The predicted octanol–water partition coefficient (Wildman–Crippen LogP) is 0.888. The lowest BCUT2D eigenvalue weighted by atomic mass is 9.82. The molecule has 14 heavy (non-hydrogen) atoms. The van der Waals surface area contributed by atoms with Crippen LogP contribution < -0.4 is 0 Å². The summed E-state index contributed by atoms with van der Waals surface area (Å²) in [6.07, 6.45) is 3.79. The molecule has 1 aliphatic heterocycles. The molecule has 0 aromatic carbocycles. The van der Waals surface area contributed by atoms with E-state index in [4.69, 9.17) is 14.2 Å². The molecule has 1 spiro atoms. The second-order valence-electron chi connectivity index (χ2n) is 3.99. The Morgan fingerprint density at radius 1 is 1.14 bits per heavy atom. The minimum atomic E-state index is -0.597. The fourth-order valence-electron chi connectivity index (χ4n) is 2.21. The lowest BCUT2D eigenvalue weighted by Gasteiger charge is -2.39. The molecule has 0 aromatic heterocycles. The molecule has 1 heterocycles. The lowest BCUT2D eigenvalue weighted by molar-refractivity contribution is -0.203. The molecule has 2 aliphatic rings. The van der Waals surface area contributed by atoms with E-state index in [9.17, 15) is 4.79 Å². The Hall–Kier alpha value is -0.450. The van der Waals surface area contributed by atoms with Crippen molar-refractivity contribution in [1.82, 2.24) is 0 Å². The van der Waals surface area contributed by atoms with Gasteiger partial charge in [0.2, 0.25) is 0 Å². The Morgan fingerprint density at radius 2 is 1.71 bits per heavy atom. The summed E-state index contributed by atoms with van der Waals surface area (Å²) in [4.78, 5) is 10.9. The summed E-state index contributed by atoms with van der Waals surface area (Å²) >= 11 is 0. The van der Waals surface area contributed by atoms with Crippen LogP contribution in [-0.4, -0.2) is 38.0 Å². The van der Waals surface area contributed by atoms with Gasteiger partial charge in [0, 0.05) is 20.0 Å². The molecule has 2 fully saturated rings. The maximum atomic E-state index is 10.9. The van der Waals surface area contributed by atoms with Crippen LogP contribution in [0.25, 0.3) is 0 Å². The number of carbonyl (C=O) groups excluding carboxylic acids is 1. The molecule has 0 N–H and O–H groups in total. The summed E-state index contributed by atoms with van der Waals surface area (Å²) in [5.74, 6) is -0.412. The molecule has 2 rings (SSSR count).